The van der Waals surface area contributed by atoms with Crippen molar-refractivity contribution >= 4 is 27.3 Å². The van der Waals surface area contributed by atoms with Crippen LogP contribution >= 0.6 is 0 Å². The lowest BCUT2D eigenvalue weighted by Crippen LogP contribution is -2.32. The number of amides is 1. The van der Waals surface area contributed by atoms with Crippen molar-refractivity contribution in [2.75, 3.05) is 10.6 Å². The fraction of sp³-hybridized carbons (Fsp3) is 0.381. The smallest absolute Gasteiger partial charge is 0.246 e. The van der Waals surface area contributed by atoms with Crippen molar-refractivity contribution < 1.29 is 13.2 Å². The summed E-state index contributed by atoms with van der Waals surface area (Å²) in [5, 5.41) is 6.05. The van der Waals surface area contributed by atoms with Crippen molar-refractivity contribution in [2.24, 2.45) is 0 Å². The van der Waals surface area contributed by atoms with E-state index in [0.29, 0.717) is 5.69 Å². The van der Waals surface area contributed by atoms with Gasteiger partial charge < -0.3 is 10.6 Å². The molecule has 3 N–H and O–H groups in total. The molecule has 0 bridgehead atoms. The Hall–Kier alpha value is -2.38. The van der Waals surface area contributed by atoms with Crippen molar-refractivity contribution in [1.29, 1.82) is 0 Å². The number of anilines is 2. The van der Waals surface area contributed by atoms with Gasteiger partial charge >= 0.3 is 0 Å². The molecule has 150 valence electrons. The lowest BCUT2D eigenvalue weighted by molar-refractivity contribution is -0.116. The normalized spacial score (nSPS) is 14.6. The van der Waals surface area contributed by atoms with E-state index in [1.54, 1.807) is 32.9 Å². The number of carbonyl (C=O) groups excluding carboxylic acids is 1. The van der Waals surface area contributed by atoms with Crippen molar-refractivity contribution in [3.63, 3.8) is 0 Å². The number of carbonyl (C=O) groups is 1. The predicted octanol–water partition coefficient (Wildman–Crippen LogP) is 3.30. The summed E-state index contributed by atoms with van der Waals surface area (Å²) in [6.07, 6.45) is 3.41. The maximum absolute atomic E-state index is 12.5. The molecule has 0 saturated carbocycles. The molecule has 2 aromatic rings. The van der Waals surface area contributed by atoms with E-state index in [1.807, 2.05) is 6.07 Å². The van der Waals surface area contributed by atoms with Crippen LogP contribution in [0.5, 0.6) is 0 Å². The van der Waals surface area contributed by atoms with Gasteiger partial charge in [-0.25, -0.2) is 13.1 Å². The Morgan fingerprint density at radius 3 is 2.25 bits per heavy atom. The summed E-state index contributed by atoms with van der Waals surface area (Å²) >= 11 is 0. The molecule has 0 spiro atoms. The largest absolute Gasteiger partial charge is 0.374 e. The van der Waals surface area contributed by atoms with Crippen LogP contribution < -0.4 is 15.4 Å². The first-order valence-electron chi connectivity index (χ1n) is 9.56. The van der Waals surface area contributed by atoms with Gasteiger partial charge in [0.2, 0.25) is 15.9 Å². The first-order valence-corrected chi connectivity index (χ1v) is 11.0. The minimum atomic E-state index is -3.54. The molecule has 0 fully saturated rings. The molecule has 0 aliphatic heterocycles. The number of nitrogens with one attached hydrogen (secondary N) is 3. The molecule has 0 unspecified atom stereocenters. The van der Waals surface area contributed by atoms with Crippen molar-refractivity contribution in [2.45, 2.75) is 57.0 Å². The molecule has 1 amide bonds. The van der Waals surface area contributed by atoms with Crippen molar-refractivity contribution in [3.8, 4) is 0 Å². The highest BCUT2D eigenvalue weighted by Crippen LogP contribution is 2.25. The molecular weight excluding hydrogens is 374 g/mol. The fourth-order valence-corrected chi connectivity index (χ4v) is 4.57. The summed E-state index contributed by atoms with van der Waals surface area (Å²) in [7, 11) is -3.54. The molecule has 1 atom stereocenters. The van der Waals surface area contributed by atoms with Gasteiger partial charge in [0.25, 0.3) is 0 Å². The number of fused-ring (bicyclic) bond motifs is 1. The molecule has 6 nitrogen and oxygen atoms in total. The van der Waals surface area contributed by atoms with Crippen LogP contribution in [0.15, 0.2) is 47.4 Å². The third-order valence-corrected chi connectivity index (χ3v) is 6.37. The van der Waals surface area contributed by atoms with Gasteiger partial charge in [-0.3, -0.25) is 4.79 Å². The lowest BCUT2D eigenvalue weighted by Gasteiger charge is -2.16. The zero-order valence-electron chi connectivity index (χ0n) is 16.5. The summed E-state index contributed by atoms with van der Waals surface area (Å²) < 4.78 is 26.9. The Bertz CT molecular complexity index is 953. The predicted molar refractivity (Wildman–Crippen MR) is 112 cm³/mol. The van der Waals surface area contributed by atoms with E-state index in [2.05, 4.69) is 27.5 Å². The minimum Gasteiger partial charge on any atom is -0.374 e. The standard InChI is InChI=1S/C21H27N3O3S/c1-14(2)24-28(26,27)20-11-9-18(10-12-20)23-21(25)15(3)22-19-8-7-16-5-4-6-17(16)13-19/h7-15,22,24H,4-6H2,1-3H3,(H,23,25)/t15-/m0/s1. The second kappa shape index (κ2) is 8.32. The topological polar surface area (TPSA) is 87.3 Å². The van der Waals surface area contributed by atoms with E-state index in [1.165, 1.54) is 29.7 Å². The number of hydrogen-bond donors (Lipinski definition) is 3. The maximum atomic E-state index is 12.5. The summed E-state index contributed by atoms with van der Waals surface area (Å²) in [6.45, 7) is 5.33. The highest BCUT2D eigenvalue weighted by molar-refractivity contribution is 7.89. The van der Waals surface area contributed by atoms with Gasteiger partial charge in [-0.1, -0.05) is 6.07 Å². The monoisotopic (exact) mass is 401 g/mol. The SMILES string of the molecule is CC(C)NS(=O)(=O)c1ccc(NC(=O)[C@H](C)Nc2ccc3c(c2)CCC3)cc1. The molecule has 0 radical (unpaired) electrons. The van der Waals surface area contributed by atoms with Gasteiger partial charge in [0.1, 0.15) is 6.04 Å². The number of sulfonamides is 1. The highest BCUT2D eigenvalue weighted by Gasteiger charge is 2.17. The van der Waals surface area contributed by atoms with E-state index in [9.17, 15) is 13.2 Å². The second-order valence-electron chi connectivity index (χ2n) is 7.49. The van der Waals surface area contributed by atoms with Crippen LogP contribution in [0.25, 0.3) is 0 Å². The zero-order valence-corrected chi connectivity index (χ0v) is 17.3. The van der Waals surface area contributed by atoms with E-state index in [4.69, 9.17) is 0 Å². The Labute approximate surface area is 166 Å². The molecule has 0 saturated heterocycles. The Morgan fingerprint density at radius 1 is 0.929 bits per heavy atom. The Kier molecular flexibility index (Phi) is 6.05. The lowest BCUT2D eigenvalue weighted by atomic mass is 10.1. The van der Waals surface area contributed by atoms with Gasteiger partial charge in [-0.15, -0.1) is 0 Å². The second-order valence-corrected chi connectivity index (χ2v) is 9.21. The summed E-state index contributed by atoms with van der Waals surface area (Å²) in [5.41, 5.74) is 4.23. The van der Waals surface area contributed by atoms with E-state index < -0.39 is 16.1 Å². The third-order valence-electron chi connectivity index (χ3n) is 4.70. The van der Waals surface area contributed by atoms with Gasteiger partial charge in [0.15, 0.2) is 0 Å². The van der Waals surface area contributed by atoms with Crippen molar-refractivity contribution in [1.82, 2.24) is 4.72 Å². The van der Waals surface area contributed by atoms with Crippen LogP contribution in [0.4, 0.5) is 11.4 Å². The van der Waals surface area contributed by atoms with E-state index in [0.717, 1.165) is 18.5 Å². The van der Waals surface area contributed by atoms with E-state index >= 15 is 0 Å². The summed E-state index contributed by atoms with van der Waals surface area (Å²) in [5.74, 6) is -0.184. The van der Waals surface area contributed by atoms with Crippen LogP contribution in [0, 0.1) is 0 Å². The summed E-state index contributed by atoms with van der Waals surface area (Å²) in [6, 6.07) is 11.8. The molecule has 28 heavy (non-hydrogen) atoms. The first kappa shape index (κ1) is 20.4. The Balaban J connectivity index is 1.61. The number of hydrogen-bond acceptors (Lipinski definition) is 4. The average molecular weight is 402 g/mol. The molecule has 7 heteroatoms. The fourth-order valence-electron chi connectivity index (χ4n) is 3.32. The molecule has 0 aromatic heterocycles. The van der Waals surface area contributed by atoms with Crippen LogP contribution in [0.1, 0.15) is 38.3 Å². The van der Waals surface area contributed by atoms with Crippen LogP contribution in [-0.4, -0.2) is 26.4 Å². The van der Waals surface area contributed by atoms with Crippen LogP contribution in [0.3, 0.4) is 0 Å². The zero-order chi connectivity index (χ0) is 20.3. The van der Waals surface area contributed by atoms with Gasteiger partial charge in [0, 0.05) is 17.4 Å². The minimum absolute atomic E-state index is 0.170. The van der Waals surface area contributed by atoms with Gasteiger partial charge in [0.05, 0.1) is 4.90 Å². The maximum Gasteiger partial charge on any atom is 0.246 e. The first-order chi connectivity index (χ1) is 13.2. The quantitative estimate of drug-likeness (QED) is 0.664. The highest BCUT2D eigenvalue weighted by atomic mass is 32.2. The number of aryl methyl sites for hydroxylation is 2. The molecule has 0 heterocycles. The van der Waals surface area contributed by atoms with Gasteiger partial charge in [-0.2, -0.15) is 0 Å². The van der Waals surface area contributed by atoms with Crippen molar-refractivity contribution in [3.05, 3.63) is 53.6 Å². The van der Waals surface area contributed by atoms with E-state index in [-0.39, 0.29) is 16.8 Å². The molecule has 1 aliphatic rings. The Morgan fingerprint density at radius 2 is 1.57 bits per heavy atom. The van der Waals surface area contributed by atoms with Crippen LogP contribution in [-0.2, 0) is 27.7 Å². The molecule has 1 aliphatic carbocycles. The number of rotatable bonds is 7. The molecule has 2 aromatic carbocycles. The molecule has 3 rings (SSSR count). The average Bonchev–Trinajstić information content (AvgIpc) is 3.08. The van der Waals surface area contributed by atoms with Gasteiger partial charge in [-0.05, 0) is 87.6 Å². The summed E-state index contributed by atoms with van der Waals surface area (Å²) in [4.78, 5) is 12.6. The third kappa shape index (κ3) is 4.91. The van der Waals surface area contributed by atoms with Crippen LogP contribution in [0.2, 0.25) is 0 Å². The molecular formula is C21H27N3O3S. The number of benzene rings is 2.